The van der Waals surface area contributed by atoms with Crippen LogP contribution in [0.15, 0.2) is 24.3 Å². The first kappa shape index (κ1) is 64.6. The molecular weight excluding hydrogens is 1000 g/mol. The molecule has 0 bridgehead atoms. The fourth-order valence-corrected chi connectivity index (χ4v) is 10.5. The molecule has 3 heterocycles. The number of hydrogen-bond donors (Lipinski definition) is 15. The summed E-state index contributed by atoms with van der Waals surface area (Å²) in [7, 11) is 0. The van der Waals surface area contributed by atoms with Crippen molar-refractivity contribution in [2.45, 2.75) is 203 Å². The van der Waals surface area contributed by atoms with Gasteiger partial charge in [-0.15, -0.1) is 0 Å². The Bertz CT molecular complexity index is 2070. The number of aliphatic hydroxyl groups is 7. The number of nitrogens with one attached hydrogen (secondary N) is 5. The number of phenols is 1. The van der Waals surface area contributed by atoms with Gasteiger partial charge >= 0.3 is 0 Å². The maximum atomic E-state index is 14.6. The monoisotopic (exact) mass is 1090 g/mol. The number of aromatic hydroxyl groups is 1. The maximum Gasteiger partial charge on any atom is 0.248 e. The lowest BCUT2D eigenvalue weighted by Gasteiger charge is -2.34. The highest BCUT2D eigenvalue weighted by molar-refractivity contribution is 5.98. The number of rotatable bonds is 23. The minimum Gasteiger partial charge on any atom is -0.508 e. The fraction of sp³-hybridized carbons (Fsp3) is 0.755. The Morgan fingerprint density at radius 3 is 2.03 bits per heavy atom. The molecule has 24 nitrogen and oxygen atoms in total. The number of phenolic OH excluding ortho intramolecular Hbond substituents is 1. The van der Waals surface area contributed by atoms with E-state index < -0.39 is 152 Å². The first-order valence-electron chi connectivity index (χ1n) is 27.6. The summed E-state index contributed by atoms with van der Waals surface area (Å²) in [6.07, 6.45) is -7.48. The molecule has 16 atom stereocenters. The number of nitrogens with zero attached hydrogens (tertiary/aromatic N) is 2. The Balaban J connectivity index is 1.73. The normalized spacial score (nSPS) is 28.7. The minimum absolute atomic E-state index is 0.0188. The van der Waals surface area contributed by atoms with Crippen molar-refractivity contribution in [1.29, 1.82) is 0 Å². The van der Waals surface area contributed by atoms with Crippen LogP contribution in [0.3, 0.4) is 0 Å². The van der Waals surface area contributed by atoms with Crippen LogP contribution >= 0.6 is 0 Å². The van der Waals surface area contributed by atoms with Crippen LogP contribution in [0.25, 0.3) is 0 Å². The molecular formula is C53H89N9O15. The standard InChI is InChI=1S/C53H89N9O15/c1-5-29(2)24-30(3)12-10-8-6-7-9-11-13-42(70)57-36-27-41(69)48(56-22-21-55)60-51(75)45-39(67)19-23-61(45)53(77)44(38(66)18-20-54)59-49(73)35(47(72)46(71)32-14-16-33(64)17-15-32)26-40(68)37-25-34(65)28-62(37)52(76)43(31(4)63)58-50(36)74/h14-17,29-31,34-39,41,43-48,56,63-67,69,71-72H,5-13,18-28,54-55H2,1-4H3,(H,57,70)(H,58,74)(H,59,73)(H,60,75)/t29?,30?,31-,34-,35+,36+,37+,38-,39+,41-,43+,44+,45+,46+,47+,48+/m1/s1. The van der Waals surface area contributed by atoms with Crippen LogP contribution in [0.4, 0.5) is 0 Å². The molecule has 2 unspecified atom stereocenters. The summed E-state index contributed by atoms with van der Waals surface area (Å²) in [6, 6.07) is -3.86. The van der Waals surface area contributed by atoms with E-state index in [0.717, 1.165) is 54.7 Å². The number of carbonyl (C=O) groups excluding carboxylic acids is 7. The van der Waals surface area contributed by atoms with Crippen LogP contribution in [0.2, 0.25) is 0 Å². The molecule has 0 radical (unpaired) electrons. The predicted octanol–water partition coefficient (Wildman–Crippen LogP) is -2.22. The van der Waals surface area contributed by atoms with Gasteiger partial charge in [0.1, 0.15) is 42.2 Å². The molecule has 0 spiro atoms. The maximum absolute atomic E-state index is 14.6. The number of benzene rings is 1. The zero-order chi connectivity index (χ0) is 57.1. The highest BCUT2D eigenvalue weighted by atomic mass is 16.3. The SMILES string of the molecule is CCC(C)CC(C)CCCCCCCCC(=O)N[C@H]1C[C@@H](O)[C@@H](NCCN)NC(=O)[C@@H]2[C@@H](O)CCN2C(=O)[C@H]([C@H](O)CCN)NC(=O)[C@H]([C@H](O)[C@@H](O)c2ccc(O)cc2)CC(=O)[C@@H]2C[C@@H](O)CN2C(=O)[C@H]([C@@H](C)O)NC1=O. The number of hydrogen-bond acceptors (Lipinski definition) is 18. The van der Waals surface area contributed by atoms with Crippen LogP contribution in [-0.4, -0.2) is 198 Å². The van der Waals surface area contributed by atoms with Gasteiger partial charge in [0.15, 0.2) is 5.78 Å². The number of nitrogens with two attached hydrogens (primary N) is 2. The van der Waals surface area contributed by atoms with Gasteiger partial charge in [0.05, 0.1) is 48.6 Å². The van der Waals surface area contributed by atoms with Crippen molar-refractivity contribution < 1.29 is 74.4 Å². The molecule has 3 saturated heterocycles. The molecule has 0 saturated carbocycles. The van der Waals surface area contributed by atoms with Crippen molar-refractivity contribution in [3.05, 3.63) is 29.8 Å². The third kappa shape index (κ3) is 18.9. The molecule has 0 aliphatic carbocycles. The molecule has 77 heavy (non-hydrogen) atoms. The van der Waals surface area contributed by atoms with Gasteiger partial charge in [-0.05, 0) is 68.7 Å². The van der Waals surface area contributed by atoms with Gasteiger partial charge in [0.2, 0.25) is 35.4 Å². The number of aliphatic hydroxyl groups excluding tert-OH is 7. The summed E-state index contributed by atoms with van der Waals surface area (Å²) in [5.74, 6) is -7.93. The average molecular weight is 1090 g/mol. The molecule has 3 aliphatic heterocycles. The largest absolute Gasteiger partial charge is 0.508 e. The van der Waals surface area contributed by atoms with E-state index in [9.17, 15) is 74.4 Å². The van der Waals surface area contributed by atoms with Gasteiger partial charge in [0.25, 0.3) is 0 Å². The Morgan fingerprint density at radius 2 is 1.39 bits per heavy atom. The van der Waals surface area contributed by atoms with Crippen LogP contribution in [0.5, 0.6) is 5.75 Å². The Kier molecular flexibility index (Phi) is 26.6. The first-order chi connectivity index (χ1) is 36.5. The van der Waals surface area contributed by atoms with Crippen molar-refractivity contribution in [1.82, 2.24) is 36.4 Å². The van der Waals surface area contributed by atoms with Gasteiger partial charge in [-0.25, -0.2) is 0 Å². The lowest BCUT2D eigenvalue weighted by molar-refractivity contribution is -0.149. The van der Waals surface area contributed by atoms with Crippen molar-refractivity contribution in [2.75, 3.05) is 32.7 Å². The Hall–Kier alpha value is -4.89. The van der Waals surface area contributed by atoms with Crippen molar-refractivity contribution in [2.24, 2.45) is 29.2 Å². The van der Waals surface area contributed by atoms with E-state index in [-0.39, 0.29) is 56.8 Å². The van der Waals surface area contributed by atoms with Gasteiger partial charge in [-0.1, -0.05) is 77.8 Å². The number of Topliss-reactive ketones (excluding diaryl/α,β-unsaturated/α-hetero) is 1. The zero-order valence-corrected chi connectivity index (χ0v) is 45.2. The second-order valence-electron chi connectivity index (χ2n) is 21.6. The molecule has 3 aliphatic rings. The molecule has 1 aromatic carbocycles. The van der Waals surface area contributed by atoms with Crippen LogP contribution in [-0.2, 0) is 33.6 Å². The molecule has 17 N–H and O–H groups in total. The topological polar surface area (TPSA) is 400 Å². The lowest BCUT2D eigenvalue weighted by atomic mass is 9.86. The highest BCUT2D eigenvalue weighted by Gasteiger charge is 2.49. The zero-order valence-electron chi connectivity index (χ0n) is 45.2. The van der Waals surface area contributed by atoms with Crippen molar-refractivity contribution >= 4 is 41.2 Å². The van der Waals surface area contributed by atoms with Gasteiger partial charge < -0.3 is 83.4 Å². The Morgan fingerprint density at radius 1 is 0.753 bits per heavy atom. The number of unbranched alkanes of at least 4 members (excludes halogenated alkanes) is 5. The van der Waals surface area contributed by atoms with Gasteiger partial charge in [0, 0.05) is 51.9 Å². The molecule has 1 aromatic rings. The first-order valence-corrected chi connectivity index (χ1v) is 27.6. The lowest BCUT2D eigenvalue weighted by Crippen LogP contribution is -2.63. The summed E-state index contributed by atoms with van der Waals surface area (Å²) in [5, 5.41) is 102. The molecule has 0 aromatic heterocycles. The third-order valence-corrected chi connectivity index (χ3v) is 15.2. The molecule has 4 rings (SSSR count). The number of fused-ring (bicyclic) bond motifs is 2. The summed E-state index contributed by atoms with van der Waals surface area (Å²) < 4.78 is 0. The van der Waals surface area contributed by atoms with E-state index in [1.165, 1.54) is 37.6 Å². The predicted molar refractivity (Wildman–Crippen MR) is 281 cm³/mol. The summed E-state index contributed by atoms with van der Waals surface area (Å²) in [4.78, 5) is 102. The smallest absolute Gasteiger partial charge is 0.248 e. The van der Waals surface area contributed by atoms with E-state index in [1.807, 2.05) is 0 Å². The van der Waals surface area contributed by atoms with Gasteiger partial charge in [-0.2, -0.15) is 0 Å². The number of amides is 6. The van der Waals surface area contributed by atoms with Crippen LogP contribution in [0, 0.1) is 17.8 Å². The second-order valence-corrected chi connectivity index (χ2v) is 21.6. The van der Waals surface area contributed by atoms with E-state index in [2.05, 4.69) is 47.4 Å². The molecule has 436 valence electrons. The summed E-state index contributed by atoms with van der Waals surface area (Å²) in [5.41, 5.74) is 11.5. The highest BCUT2D eigenvalue weighted by Crippen LogP contribution is 2.30. The number of ketones is 1. The van der Waals surface area contributed by atoms with Gasteiger partial charge in [-0.3, -0.25) is 38.9 Å². The third-order valence-electron chi connectivity index (χ3n) is 15.2. The number of carbonyl (C=O) groups is 7. The summed E-state index contributed by atoms with van der Waals surface area (Å²) >= 11 is 0. The van der Waals surface area contributed by atoms with Crippen LogP contribution < -0.4 is 38.1 Å². The minimum atomic E-state index is -2.17. The van der Waals surface area contributed by atoms with E-state index in [1.54, 1.807) is 0 Å². The molecule has 6 amide bonds. The van der Waals surface area contributed by atoms with Crippen molar-refractivity contribution in [3.8, 4) is 5.75 Å². The van der Waals surface area contributed by atoms with E-state index in [4.69, 9.17) is 11.5 Å². The molecule has 3 fully saturated rings. The average Bonchev–Trinajstić information content (AvgIpc) is 3.99. The van der Waals surface area contributed by atoms with Crippen LogP contribution in [0.1, 0.15) is 136 Å². The summed E-state index contributed by atoms with van der Waals surface area (Å²) in [6.45, 7) is 6.84. The fourth-order valence-electron chi connectivity index (χ4n) is 10.5. The second kappa shape index (κ2) is 31.6. The molecule has 24 heteroatoms. The van der Waals surface area contributed by atoms with E-state index in [0.29, 0.717) is 18.3 Å². The van der Waals surface area contributed by atoms with Crippen molar-refractivity contribution in [3.63, 3.8) is 0 Å². The quantitative estimate of drug-likeness (QED) is 0.0516. The Labute approximate surface area is 451 Å². The van der Waals surface area contributed by atoms with E-state index >= 15 is 0 Å².